The molecule has 2 aromatic heterocycles. The van der Waals surface area contributed by atoms with Crippen molar-refractivity contribution in [1.82, 2.24) is 4.90 Å². The number of amides is 1. The molecule has 1 fully saturated rings. The zero-order valence-corrected chi connectivity index (χ0v) is 13.2. The molecular formula is C16H17NO5S. The summed E-state index contributed by atoms with van der Waals surface area (Å²) >= 11 is 0. The van der Waals surface area contributed by atoms with Gasteiger partial charge in [-0.2, -0.15) is 0 Å². The van der Waals surface area contributed by atoms with Gasteiger partial charge in [0.05, 0.1) is 30.6 Å². The molecule has 3 heterocycles. The van der Waals surface area contributed by atoms with E-state index in [4.69, 9.17) is 8.83 Å². The molecule has 0 N–H and O–H groups in total. The molecule has 0 radical (unpaired) electrons. The Bertz CT molecular complexity index is 775. The Hall–Kier alpha value is -2.28. The third-order valence-electron chi connectivity index (χ3n) is 3.77. The summed E-state index contributed by atoms with van der Waals surface area (Å²) < 4.78 is 33.9. The molecule has 2 aromatic rings. The van der Waals surface area contributed by atoms with Crippen molar-refractivity contribution in [3.8, 4) is 0 Å². The number of sulfone groups is 1. The highest BCUT2D eigenvalue weighted by atomic mass is 32.2. The Morgan fingerprint density at radius 2 is 2.04 bits per heavy atom. The first kappa shape index (κ1) is 15.6. The zero-order valence-electron chi connectivity index (χ0n) is 12.4. The van der Waals surface area contributed by atoms with E-state index in [1.54, 1.807) is 35.2 Å². The summed E-state index contributed by atoms with van der Waals surface area (Å²) in [6.45, 7) is 0.245. The number of nitrogens with zero attached hydrogens (tertiary/aromatic N) is 1. The van der Waals surface area contributed by atoms with Crippen molar-refractivity contribution in [2.75, 3.05) is 11.5 Å². The molecule has 1 unspecified atom stereocenters. The SMILES string of the molecule is O=C(/C=C\c1ccco1)N(Cc1ccco1)C1CCS(=O)(=O)C1. The predicted molar refractivity (Wildman–Crippen MR) is 84.1 cm³/mol. The Morgan fingerprint density at radius 1 is 1.26 bits per heavy atom. The lowest BCUT2D eigenvalue weighted by molar-refractivity contribution is -0.128. The summed E-state index contributed by atoms with van der Waals surface area (Å²) in [4.78, 5) is 14.1. The van der Waals surface area contributed by atoms with Gasteiger partial charge >= 0.3 is 0 Å². The molecule has 1 aliphatic rings. The Labute approximate surface area is 134 Å². The molecule has 0 aliphatic carbocycles. The highest BCUT2D eigenvalue weighted by molar-refractivity contribution is 7.91. The highest BCUT2D eigenvalue weighted by Gasteiger charge is 2.34. The Balaban J connectivity index is 1.78. The number of carbonyl (C=O) groups is 1. The molecule has 6 nitrogen and oxygen atoms in total. The van der Waals surface area contributed by atoms with E-state index in [1.807, 2.05) is 0 Å². The lowest BCUT2D eigenvalue weighted by Crippen LogP contribution is -2.39. The van der Waals surface area contributed by atoms with Crippen LogP contribution in [0.5, 0.6) is 0 Å². The Morgan fingerprint density at radius 3 is 2.65 bits per heavy atom. The van der Waals surface area contributed by atoms with Gasteiger partial charge in [0.25, 0.3) is 0 Å². The van der Waals surface area contributed by atoms with E-state index >= 15 is 0 Å². The van der Waals surface area contributed by atoms with Crippen molar-refractivity contribution < 1.29 is 22.0 Å². The highest BCUT2D eigenvalue weighted by Crippen LogP contribution is 2.21. The van der Waals surface area contributed by atoms with Crippen LogP contribution in [-0.4, -0.2) is 36.8 Å². The van der Waals surface area contributed by atoms with Gasteiger partial charge in [0.1, 0.15) is 11.5 Å². The van der Waals surface area contributed by atoms with Gasteiger partial charge in [0.15, 0.2) is 9.84 Å². The van der Waals surface area contributed by atoms with Gasteiger partial charge in [-0.25, -0.2) is 8.42 Å². The first-order valence-corrected chi connectivity index (χ1v) is 9.11. The number of rotatable bonds is 5. The maximum Gasteiger partial charge on any atom is 0.247 e. The summed E-state index contributed by atoms with van der Waals surface area (Å²) in [6, 6.07) is 6.63. The van der Waals surface area contributed by atoms with E-state index in [0.717, 1.165) is 0 Å². The number of hydrogen-bond donors (Lipinski definition) is 0. The molecule has 0 saturated carbocycles. The summed E-state index contributed by atoms with van der Waals surface area (Å²) in [7, 11) is -3.08. The van der Waals surface area contributed by atoms with Crippen molar-refractivity contribution >= 4 is 21.8 Å². The van der Waals surface area contributed by atoms with Gasteiger partial charge in [0.2, 0.25) is 5.91 Å². The third kappa shape index (κ3) is 3.92. The van der Waals surface area contributed by atoms with Crippen LogP contribution < -0.4 is 0 Å². The van der Waals surface area contributed by atoms with Gasteiger partial charge in [-0.05, 0) is 36.8 Å². The number of furan rings is 2. The average molecular weight is 335 g/mol. The van der Waals surface area contributed by atoms with Gasteiger partial charge in [-0.1, -0.05) is 0 Å². The smallest absolute Gasteiger partial charge is 0.247 e. The van der Waals surface area contributed by atoms with Crippen molar-refractivity contribution in [3.05, 3.63) is 54.4 Å². The van der Waals surface area contributed by atoms with Crippen molar-refractivity contribution in [2.24, 2.45) is 0 Å². The largest absolute Gasteiger partial charge is 0.467 e. The summed E-state index contributed by atoms with van der Waals surface area (Å²) in [5.74, 6) is 1.03. The number of hydrogen-bond acceptors (Lipinski definition) is 5. The maximum atomic E-state index is 12.5. The number of carbonyl (C=O) groups excluding carboxylic acids is 1. The van der Waals surface area contributed by atoms with Crippen LogP contribution in [0.3, 0.4) is 0 Å². The average Bonchev–Trinajstić information content (AvgIpc) is 3.24. The first-order chi connectivity index (χ1) is 11.0. The van der Waals surface area contributed by atoms with Crippen molar-refractivity contribution in [2.45, 2.75) is 19.0 Å². The maximum absolute atomic E-state index is 12.5. The van der Waals surface area contributed by atoms with Crippen molar-refractivity contribution in [1.29, 1.82) is 0 Å². The normalized spacial score (nSPS) is 20.1. The molecule has 1 saturated heterocycles. The summed E-state index contributed by atoms with van der Waals surface area (Å²) in [6.07, 6.45) is 6.47. The minimum atomic E-state index is -3.08. The topological polar surface area (TPSA) is 80.7 Å². The first-order valence-electron chi connectivity index (χ1n) is 7.28. The van der Waals surface area contributed by atoms with Crippen LogP contribution in [0.25, 0.3) is 6.08 Å². The molecule has 1 amide bonds. The standard InChI is InChI=1S/C16H17NO5S/c18-16(6-5-14-3-1-8-21-14)17(11-15-4-2-9-22-15)13-7-10-23(19,20)12-13/h1-6,8-9,13H,7,10-12H2/b6-5-. The molecule has 0 spiro atoms. The Kier molecular flexibility index (Phi) is 4.38. The quantitative estimate of drug-likeness (QED) is 0.782. The van der Waals surface area contributed by atoms with Crippen LogP contribution in [0.2, 0.25) is 0 Å². The van der Waals surface area contributed by atoms with E-state index in [2.05, 4.69) is 0 Å². The van der Waals surface area contributed by atoms with Crippen LogP contribution in [0.15, 0.2) is 51.7 Å². The molecular weight excluding hydrogens is 318 g/mol. The van der Waals surface area contributed by atoms with E-state index in [9.17, 15) is 13.2 Å². The second-order valence-corrected chi connectivity index (χ2v) is 7.68. The lowest BCUT2D eigenvalue weighted by Gasteiger charge is -2.26. The summed E-state index contributed by atoms with van der Waals surface area (Å²) in [5, 5.41) is 0. The fourth-order valence-corrected chi connectivity index (χ4v) is 4.34. The zero-order chi connectivity index (χ0) is 16.3. The van der Waals surface area contributed by atoms with Crippen molar-refractivity contribution in [3.63, 3.8) is 0 Å². The molecule has 3 rings (SSSR count). The summed E-state index contributed by atoms with van der Waals surface area (Å²) in [5.41, 5.74) is 0. The second-order valence-electron chi connectivity index (χ2n) is 5.45. The van der Waals surface area contributed by atoms with Crippen LogP contribution in [-0.2, 0) is 21.2 Å². The van der Waals surface area contributed by atoms with Crippen LogP contribution in [0.4, 0.5) is 0 Å². The van der Waals surface area contributed by atoms with Crippen LogP contribution >= 0.6 is 0 Å². The monoisotopic (exact) mass is 335 g/mol. The van der Waals surface area contributed by atoms with Gasteiger partial charge in [-0.3, -0.25) is 4.79 Å². The fourth-order valence-electron chi connectivity index (χ4n) is 2.61. The van der Waals surface area contributed by atoms with Gasteiger partial charge in [0, 0.05) is 12.1 Å². The van der Waals surface area contributed by atoms with Gasteiger partial charge in [-0.15, -0.1) is 0 Å². The van der Waals surface area contributed by atoms with Crippen LogP contribution in [0.1, 0.15) is 17.9 Å². The minimum absolute atomic E-state index is 0.00591. The van der Waals surface area contributed by atoms with Gasteiger partial charge < -0.3 is 13.7 Å². The molecule has 7 heteroatoms. The minimum Gasteiger partial charge on any atom is -0.467 e. The van der Waals surface area contributed by atoms with E-state index < -0.39 is 9.84 Å². The van der Waals surface area contributed by atoms with E-state index in [1.165, 1.54) is 18.6 Å². The van der Waals surface area contributed by atoms with E-state index in [-0.39, 0.29) is 30.0 Å². The molecule has 0 bridgehead atoms. The third-order valence-corrected chi connectivity index (χ3v) is 5.52. The van der Waals surface area contributed by atoms with E-state index in [0.29, 0.717) is 17.9 Å². The van der Waals surface area contributed by atoms with Crippen LogP contribution in [0, 0.1) is 0 Å². The molecule has 122 valence electrons. The fraction of sp³-hybridized carbons (Fsp3) is 0.312. The lowest BCUT2D eigenvalue weighted by atomic mass is 10.2. The molecule has 1 aliphatic heterocycles. The predicted octanol–water partition coefficient (Wildman–Crippen LogP) is 2.10. The second kappa shape index (κ2) is 6.45. The molecule has 23 heavy (non-hydrogen) atoms. The molecule has 0 aromatic carbocycles. The molecule has 1 atom stereocenters.